The molecule has 1 aliphatic heterocycles. The summed E-state index contributed by atoms with van der Waals surface area (Å²) >= 11 is 0. The summed E-state index contributed by atoms with van der Waals surface area (Å²) in [7, 11) is -5.43. The lowest BCUT2D eigenvalue weighted by Crippen LogP contribution is -2.30. The number of aryl methyl sites for hydroxylation is 1. The van der Waals surface area contributed by atoms with Crippen LogP contribution in [0.4, 0.5) is 27.6 Å². The summed E-state index contributed by atoms with van der Waals surface area (Å²) in [6.45, 7) is 2.39. The molecule has 0 fully saturated rings. The number of anilines is 1. The van der Waals surface area contributed by atoms with E-state index >= 15 is 0 Å². The maximum Gasteiger partial charge on any atom is 0.501 e. The molecular weight excluding hydrogens is 439 g/mol. The second-order valence-electron chi connectivity index (χ2n) is 7.35. The summed E-state index contributed by atoms with van der Waals surface area (Å²) < 4.78 is 90.0. The SMILES string of the molecule is Cc1cc(S(=O)(=O)C(F)(F)F)ccc1N1CCc2[nH]c(-c3c(F)cccc3F)cc2C1. The Morgan fingerprint density at radius 1 is 1.03 bits per heavy atom. The van der Waals surface area contributed by atoms with E-state index < -0.39 is 31.9 Å². The number of aromatic amines is 1. The molecule has 0 bridgehead atoms. The van der Waals surface area contributed by atoms with Gasteiger partial charge in [-0.15, -0.1) is 0 Å². The number of rotatable bonds is 3. The van der Waals surface area contributed by atoms with Crippen molar-refractivity contribution in [3.05, 3.63) is 70.9 Å². The smallest absolute Gasteiger partial charge is 0.367 e. The van der Waals surface area contributed by atoms with E-state index in [1.165, 1.54) is 31.2 Å². The first-order valence-electron chi connectivity index (χ1n) is 9.31. The second-order valence-corrected chi connectivity index (χ2v) is 9.29. The summed E-state index contributed by atoms with van der Waals surface area (Å²) in [6.07, 6.45) is 0.521. The molecule has 4 rings (SSSR count). The fourth-order valence-electron chi connectivity index (χ4n) is 3.81. The number of nitrogens with one attached hydrogen (secondary N) is 1. The molecule has 31 heavy (non-hydrogen) atoms. The normalized spacial score (nSPS) is 14.6. The van der Waals surface area contributed by atoms with Crippen molar-refractivity contribution in [3.8, 4) is 11.3 Å². The Labute approximate surface area is 175 Å². The Morgan fingerprint density at radius 3 is 2.32 bits per heavy atom. The summed E-state index contributed by atoms with van der Waals surface area (Å²) in [5.74, 6) is -1.37. The largest absolute Gasteiger partial charge is 0.501 e. The minimum atomic E-state index is -5.43. The molecule has 1 aromatic heterocycles. The third kappa shape index (κ3) is 3.69. The molecule has 1 aliphatic rings. The van der Waals surface area contributed by atoms with Crippen molar-refractivity contribution in [1.82, 2.24) is 4.98 Å². The van der Waals surface area contributed by atoms with Crippen LogP contribution in [0.1, 0.15) is 16.8 Å². The Bertz CT molecular complexity index is 1250. The zero-order valence-corrected chi connectivity index (χ0v) is 17.0. The molecule has 0 spiro atoms. The fourth-order valence-corrected chi connectivity index (χ4v) is 4.66. The van der Waals surface area contributed by atoms with Gasteiger partial charge in [-0.05, 0) is 54.4 Å². The monoisotopic (exact) mass is 456 g/mol. The van der Waals surface area contributed by atoms with Crippen LogP contribution in [0, 0.1) is 18.6 Å². The number of hydrogen-bond donors (Lipinski definition) is 1. The third-order valence-corrected chi connectivity index (χ3v) is 6.82. The summed E-state index contributed by atoms with van der Waals surface area (Å²) in [6, 6.07) is 8.58. The van der Waals surface area contributed by atoms with E-state index in [2.05, 4.69) is 4.98 Å². The molecule has 4 nitrogen and oxygen atoms in total. The minimum absolute atomic E-state index is 0.152. The number of nitrogens with zero attached hydrogens (tertiary/aromatic N) is 1. The maximum atomic E-state index is 14.1. The Morgan fingerprint density at radius 2 is 1.71 bits per heavy atom. The van der Waals surface area contributed by atoms with Crippen LogP contribution in [0.15, 0.2) is 47.4 Å². The highest BCUT2D eigenvalue weighted by atomic mass is 32.2. The lowest BCUT2D eigenvalue weighted by Gasteiger charge is -2.30. The Kier molecular flexibility index (Phi) is 5.07. The van der Waals surface area contributed by atoms with Crippen molar-refractivity contribution in [2.24, 2.45) is 0 Å². The van der Waals surface area contributed by atoms with Crippen molar-refractivity contribution in [3.63, 3.8) is 0 Å². The van der Waals surface area contributed by atoms with E-state index in [1.807, 2.05) is 4.90 Å². The quantitative estimate of drug-likeness (QED) is 0.557. The van der Waals surface area contributed by atoms with E-state index in [0.29, 0.717) is 36.5 Å². The molecule has 0 saturated carbocycles. The predicted molar refractivity (Wildman–Crippen MR) is 105 cm³/mol. The number of sulfone groups is 1. The topological polar surface area (TPSA) is 53.2 Å². The van der Waals surface area contributed by atoms with Gasteiger partial charge >= 0.3 is 5.51 Å². The van der Waals surface area contributed by atoms with Crippen LogP contribution in [-0.2, 0) is 22.8 Å². The van der Waals surface area contributed by atoms with Crippen molar-refractivity contribution < 1.29 is 30.4 Å². The highest BCUT2D eigenvalue weighted by Crippen LogP contribution is 2.35. The van der Waals surface area contributed by atoms with Crippen LogP contribution in [0.25, 0.3) is 11.3 Å². The molecule has 10 heteroatoms. The molecule has 0 unspecified atom stereocenters. The average Bonchev–Trinajstić information content (AvgIpc) is 3.09. The summed E-state index contributed by atoms with van der Waals surface area (Å²) in [5, 5.41) is 0. The fraction of sp³-hybridized carbons (Fsp3) is 0.238. The number of hydrogen-bond acceptors (Lipinski definition) is 3. The van der Waals surface area contributed by atoms with Crippen LogP contribution in [0.2, 0.25) is 0 Å². The average molecular weight is 456 g/mol. The van der Waals surface area contributed by atoms with Crippen LogP contribution >= 0.6 is 0 Å². The molecule has 2 heterocycles. The molecule has 0 aliphatic carbocycles. The van der Waals surface area contributed by atoms with E-state index in [-0.39, 0.29) is 5.56 Å². The van der Waals surface area contributed by atoms with Gasteiger partial charge in [-0.1, -0.05) is 6.07 Å². The lowest BCUT2D eigenvalue weighted by atomic mass is 10.0. The number of benzene rings is 2. The number of fused-ring (bicyclic) bond motifs is 1. The van der Waals surface area contributed by atoms with E-state index in [4.69, 9.17) is 0 Å². The molecule has 1 N–H and O–H groups in total. The van der Waals surface area contributed by atoms with Crippen molar-refractivity contribution in [1.29, 1.82) is 0 Å². The van der Waals surface area contributed by atoms with Gasteiger partial charge in [0.25, 0.3) is 9.84 Å². The number of aromatic nitrogens is 1. The molecule has 3 aromatic rings. The second kappa shape index (κ2) is 7.37. The Balaban J connectivity index is 1.64. The number of halogens is 5. The predicted octanol–water partition coefficient (Wildman–Crippen LogP) is 5.12. The molecule has 0 atom stereocenters. The minimum Gasteiger partial charge on any atom is -0.367 e. The van der Waals surface area contributed by atoms with Gasteiger partial charge in [0.15, 0.2) is 0 Å². The molecule has 0 radical (unpaired) electrons. The van der Waals surface area contributed by atoms with Crippen molar-refractivity contribution in [2.75, 3.05) is 11.4 Å². The van der Waals surface area contributed by atoms with Crippen LogP contribution in [0.5, 0.6) is 0 Å². The molecule has 0 amide bonds. The summed E-state index contributed by atoms with van der Waals surface area (Å²) in [5.41, 5.74) is -2.62. The molecule has 0 saturated heterocycles. The van der Waals surface area contributed by atoms with E-state index in [0.717, 1.165) is 23.4 Å². The van der Waals surface area contributed by atoms with Gasteiger partial charge in [0.05, 0.1) is 16.2 Å². The van der Waals surface area contributed by atoms with Gasteiger partial charge in [-0.25, -0.2) is 17.2 Å². The highest BCUT2D eigenvalue weighted by molar-refractivity contribution is 7.92. The van der Waals surface area contributed by atoms with Crippen LogP contribution in [0.3, 0.4) is 0 Å². The van der Waals surface area contributed by atoms with E-state index in [9.17, 15) is 30.4 Å². The highest BCUT2D eigenvalue weighted by Gasteiger charge is 2.47. The first-order valence-corrected chi connectivity index (χ1v) is 10.8. The Hall–Kier alpha value is -2.88. The molecular formula is C21H17F5N2O2S. The van der Waals surface area contributed by atoms with Gasteiger partial charge in [-0.3, -0.25) is 0 Å². The third-order valence-electron chi connectivity index (χ3n) is 5.34. The van der Waals surface area contributed by atoms with E-state index in [1.54, 1.807) is 6.07 Å². The van der Waals surface area contributed by atoms with Gasteiger partial charge < -0.3 is 9.88 Å². The van der Waals surface area contributed by atoms with Crippen molar-refractivity contribution in [2.45, 2.75) is 30.3 Å². The van der Waals surface area contributed by atoms with Gasteiger partial charge in [-0.2, -0.15) is 13.2 Å². The van der Waals surface area contributed by atoms with Gasteiger partial charge in [0, 0.05) is 30.9 Å². The number of H-pyrrole nitrogens is 1. The van der Waals surface area contributed by atoms with Crippen LogP contribution < -0.4 is 4.90 Å². The number of alkyl halides is 3. The zero-order valence-electron chi connectivity index (χ0n) is 16.2. The van der Waals surface area contributed by atoms with Crippen molar-refractivity contribution >= 4 is 15.5 Å². The first kappa shape index (κ1) is 21.4. The zero-order chi connectivity index (χ0) is 22.6. The standard InChI is InChI=1S/C21H17F5N2O2S/c1-12-9-14(31(29,30)21(24,25)26)5-6-19(12)28-8-7-17-13(11-28)10-18(27-17)20-15(22)3-2-4-16(20)23/h2-6,9-10,27H,7-8,11H2,1H3. The van der Waals surface area contributed by atoms with Crippen LogP contribution in [-0.4, -0.2) is 25.5 Å². The van der Waals surface area contributed by atoms with Gasteiger partial charge in [0.1, 0.15) is 11.6 Å². The maximum absolute atomic E-state index is 14.1. The lowest BCUT2D eigenvalue weighted by molar-refractivity contribution is -0.0436. The van der Waals surface area contributed by atoms with Gasteiger partial charge in [0.2, 0.25) is 0 Å². The molecule has 164 valence electrons. The summed E-state index contributed by atoms with van der Waals surface area (Å²) in [4.78, 5) is 4.13. The molecule has 2 aromatic carbocycles. The first-order chi connectivity index (χ1) is 14.5.